The van der Waals surface area contributed by atoms with Crippen molar-refractivity contribution in [3.8, 4) is 0 Å². The van der Waals surface area contributed by atoms with Crippen LogP contribution in [0, 0.1) is 0 Å². The highest BCUT2D eigenvalue weighted by Crippen LogP contribution is 2.38. The molecule has 0 atom stereocenters. The van der Waals surface area contributed by atoms with Crippen molar-refractivity contribution in [2.75, 3.05) is 18.9 Å². The fraction of sp³-hybridized carbons (Fsp3) is 1.00. The van der Waals surface area contributed by atoms with E-state index in [9.17, 15) is 9.13 Å². The van der Waals surface area contributed by atoms with Crippen LogP contribution >= 0.6 is 15.2 Å². The van der Waals surface area contributed by atoms with Gasteiger partial charge in [0.25, 0.3) is 0 Å². The molecule has 126 valence electrons. The van der Waals surface area contributed by atoms with Crippen molar-refractivity contribution < 1.29 is 28.7 Å². The Morgan fingerprint density at radius 1 is 0.800 bits per heavy atom. The molecule has 0 fully saturated rings. The number of hydrogen-bond donors (Lipinski definition) is 6. The van der Waals surface area contributed by atoms with E-state index in [0.717, 1.165) is 6.54 Å². The topological polar surface area (TPSA) is 176 Å². The minimum absolute atomic E-state index is 0. The summed E-state index contributed by atoms with van der Waals surface area (Å²) in [7, 11) is -8.00. The lowest BCUT2D eigenvalue weighted by molar-refractivity contribution is 0.364. The molecule has 0 aromatic carbocycles. The van der Waals surface area contributed by atoms with Crippen molar-refractivity contribution in [1.29, 1.82) is 0 Å². The number of hydrogen-bond acceptors (Lipinski definition) is 4. The first kappa shape index (κ1) is 25.2. The van der Waals surface area contributed by atoms with E-state index in [1.807, 2.05) is 0 Å². The van der Waals surface area contributed by atoms with Gasteiger partial charge in [0.1, 0.15) is 0 Å². The first-order valence-electron chi connectivity index (χ1n) is 6.41. The Morgan fingerprint density at radius 3 is 1.45 bits per heavy atom. The Morgan fingerprint density at radius 2 is 1.20 bits per heavy atom. The second kappa shape index (κ2) is 14.2. The van der Waals surface area contributed by atoms with E-state index in [-0.39, 0.29) is 31.3 Å². The average molecular weight is 336 g/mol. The molecule has 0 aromatic rings. The van der Waals surface area contributed by atoms with E-state index in [1.165, 1.54) is 25.7 Å². The summed E-state index contributed by atoms with van der Waals surface area (Å²) in [6.45, 7) is 3.07. The molecule has 0 saturated heterocycles. The Bertz CT molecular complexity index is 263. The lowest BCUT2D eigenvalue weighted by Crippen LogP contribution is -1.97. The Labute approximate surface area is 121 Å². The molecule has 0 saturated carbocycles. The fourth-order valence-corrected chi connectivity index (χ4v) is 2.48. The molecule has 9 N–H and O–H groups in total. The van der Waals surface area contributed by atoms with Crippen molar-refractivity contribution in [3.05, 3.63) is 0 Å². The van der Waals surface area contributed by atoms with E-state index in [1.54, 1.807) is 0 Å². The van der Waals surface area contributed by atoms with Gasteiger partial charge in [-0.1, -0.05) is 26.2 Å². The highest BCUT2D eigenvalue weighted by Gasteiger charge is 2.15. The molecule has 0 amide bonds. The zero-order valence-electron chi connectivity index (χ0n) is 12.1. The minimum atomic E-state index is -4.00. The van der Waals surface area contributed by atoms with Gasteiger partial charge in [0.05, 0.1) is 0 Å². The van der Waals surface area contributed by atoms with E-state index in [4.69, 9.17) is 25.3 Å². The lowest BCUT2D eigenvalue weighted by atomic mass is 10.2. The summed E-state index contributed by atoms with van der Waals surface area (Å²) in [4.78, 5) is 33.5. The SMILES string of the molecule is CCCCCCN.N.O=P(O)(O)CCCCP(=O)(O)O. The molecular formula is C10H30N2O6P2. The molecule has 8 nitrogen and oxygen atoms in total. The quantitative estimate of drug-likeness (QED) is 0.273. The smallest absolute Gasteiger partial charge is 0.325 e. The van der Waals surface area contributed by atoms with Gasteiger partial charge in [0, 0.05) is 12.3 Å². The van der Waals surface area contributed by atoms with Crippen LogP contribution in [0.4, 0.5) is 0 Å². The van der Waals surface area contributed by atoms with Crippen LogP contribution in [0.25, 0.3) is 0 Å². The highest BCUT2D eigenvalue weighted by molar-refractivity contribution is 7.52. The molecule has 0 aromatic heterocycles. The summed E-state index contributed by atoms with van der Waals surface area (Å²) in [5, 5.41) is 0. The third-order valence-corrected chi connectivity index (χ3v) is 4.00. The maximum atomic E-state index is 10.3. The van der Waals surface area contributed by atoms with E-state index < -0.39 is 15.2 Å². The number of nitrogens with two attached hydrogens (primary N) is 1. The molecule has 0 heterocycles. The zero-order valence-corrected chi connectivity index (χ0v) is 13.9. The Balaban J connectivity index is -0.000000312. The van der Waals surface area contributed by atoms with Gasteiger partial charge < -0.3 is 31.5 Å². The van der Waals surface area contributed by atoms with Crippen molar-refractivity contribution in [1.82, 2.24) is 6.15 Å². The summed E-state index contributed by atoms with van der Waals surface area (Å²) in [5.74, 6) is 0. The zero-order chi connectivity index (χ0) is 15.4. The van der Waals surface area contributed by atoms with Crippen LogP contribution in [0.5, 0.6) is 0 Å². The summed E-state index contributed by atoms with van der Waals surface area (Å²) in [5.41, 5.74) is 5.27. The average Bonchev–Trinajstić information content (AvgIpc) is 2.24. The fourth-order valence-electron chi connectivity index (χ4n) is 1.21. The predicted octanol–water partition coefficient (Wildman–Crippen LogP) is 1.81. The van der Waals surface area contributed by atoms with Crippen LogP contribution in [0.1, 0.15) is 45.4 Å². The normalized spacial score (nSPS) is 11.3. The Kier molecular flexibility index (Phi) is 17.8. The molecular weight excluding hydrogens is 306 g/mol. The van der Waals surface area contributed by atoms with Gasteiger partial charge in [-0.3, -0.25) is 9.13 Å². The minimum Gasteiger partial charge on any atom is -0.344 e. The van der Waals surface area contributed by atoms with Gasteiger partial charge in [-0.05, 0) is 25.8 Å². The van der Waals surface area contributed by atoms with Gasteiger partial charge in [-0.25, -0.2) is 0 Å². The first-order chi connectivity index (χ1) is 8.62. The molecule has 0 aliphatic heterocycles. The molecule has 20 heavy (non-hydrogen) atoms. The molecule has 0 rings (SSSR count). The molecule has 0 bridgehead atoms. The monoisotopic (exact) mass is 336 g/mol. The molecule has 0 radical (unpaired) electrons. The Hall–Kier alpha value is 0.220. The largest absolute Gasteiger partial charge is 0.344 e. The molecule has 0 aliphatic rings. The molecule has 0 unspecified atom stereocenters. The van der Waals surface area contributed by atoms with Crippen molar-refractivity contribution in [2.45, 2.75) is 45.4 Å². The van der Waals surface area contributed by atoms with Crippen LogP contribution in [0.2, 0.25) is 0 Å². The highest BCUT2D eigenvalue weighted by atomic mass is 31.2. The second-order valence-corrected chi connectivity index (χ2v) is 7.89. The van der Waals surface area contributed by atoms with Crippen LogP contribution < -0.4 is 11.9 Å². The first-order valence-corrected chi connectivity index (χ1v) is 10.0. The van der Waals surface area contributed by atoms with Crippen molar-refractivity contribution >= 4 is 15.2 Å². The number of rotatable bonds is 9. The standard InChI is InChI=1S/C6H15N.C4H12O6P2.H3N/c1-2-3-4-5-6-7;5-11(6,7)3-1-2-4-12(8,9)10;/h2-7H2,1H3;1-4H2,(H2,5,6,7)(H2,8,9,10);1H3. The molecule has 10 heteroatoms. The van der Waals surface area contributed by atoms with E-state index in [2.05, 4.69) is 6.92 Å². The van der Waals surface area contributed by atoms with Gasteiger partial charge in [0.2, 0.25) is 0 Å². The van der Waals surface area contributed by atoms with Gasteiger partial charge in [-0.15, -0.1) is 0 Å². The third kappa shape index (κ3) is 30.9. The van der Waals surface area contributed by atoms with Gasteiger partial charge in [0.15, 0.2) is 0 Å². The van der Waals surface area contributed by atoms with Crippen LogP contribution in [-0.2, 0) is 9.13 Å². The van der Waals surface area contributed by atoms with Crippen molar-refractivity contribution in [3.63, 3.8) is 0 Å². The second-order valence-electron chi connectivity index (χ2n) is 4.33. The van der Waals surface area contributed by atoms with Crippen molar-refractivity contribution in [2.24, 2.45) is 5.73 Å². The predicted molar refractivity (Wildman–Crippen MR) is 81.3 cm³/mol. The van der Waals surface area contributed by atoms with Crippen LogP contribution in [0.3, 0.4) is 0 Å². The van der Waals surface area contributed by atoms with Crippen LogP contribution in [-0.4, -0.2) is 38.4 Å². The maximum Gasteiger partial charge on any atom is 0.325 e. The summed E-state index contributed by atoms with van der Waals surface area (Å²) < 4.78 is 20.5. The lowest BCUT2D eigenvalue weighted by Gasteiger charge is -2.04. The van der Waals surface area contributed by atoms with Gasteiger partial charge in [-0.2, -0.15) is 0 Å². The van der Waals surface area contributed by atoms with Gasteiger partial charge >= 0.3 is 15.2 Å². The number of unbranched alkanes of at least 4 members (excludes halogenated alkanes) is 4. The molecule has 0 aliphatic carbocycles. The summed E-state index contributed by atoms with van der Waals surface area (Å²) >= 11 is 0. The third-order valence-electron chi connectivity index (χ3n) is 2.21. The molecule has 0 spiro atoms. The summed E-state index contributed by atoms with van der Waals surface area (Å²) in [6, 6.07) is 0. The van der Waals surface area contributed by atoms with E-state index >= 15 is 0 Å². The maximum absolute atomic E-state index is 10.3. The summed E-state index contributed by atoms with van der Waals surface area (Å²) in [6.07, 6.45) is 4.81. The van der Waals surface area contributed by atoms with Crippen LogP contribution in [0.15, 0.2) is 0 Å². The van der Waals surface area contributed by atoms with E-state index in [0.29, 0.717) is 0 Å².